The first-order valence-corrected chi connectivity index (χ1v) is 7.17. The van der Waals surface area contributed by atoms with Crippen LogP contribution in [0.3, 0.4) is 0 Å². The van der Waals surface area contributed by atoms with E-state index >= 15 is 0 Å². The van der Waals surface area contributed by atoms with E-state index in [1.54, 1.807) is 18.9 Å². The second kappa shape index (κ2) is 8.15. The minimum absolute atomic E-state index is 0.0239. The van der Waals surface area contributed by atoms with Crippen molar-refractivity contribution in [1.82, 2.24) is 10.2 Å². The highest BCUT2D eigenvalue weighted by atomic mass is 16.3. The summed E-state index contributed by atoms with van der Waals surface area (Å²) in [5.41, 5.74) is 0. The van der Waals surface area contributed by atoms with Gasteiger partial charge in [0.2, 0.25) is 11.8 Å². The molecule has 1 unspecified atom stereocenters. The van der Waals surface area contributed by atoms with Gasteiger partial charge in [0, 0.05) is 20.0 Å². The van der Waals surface area contributed by atoms with Gasteiger partial charge in [-0.2, -0.15) is 0 Å². The molecule has 0 aromatic rings. The predicted molar refractivity (Wildman–Crippen MR) is 73.5 cm³/mol. The molecule has 1 aliphatic carbocycles. The fourth-order valence-electron chi connectivity index (χ4n) is 2.36. The first-order chi connectivity index (χ1) is 8.99. The van der Waals surface area contributed by atoms with Gasteiger partial charge < -0.3 is 15.3 Å². The average molecular weight is 270 g/mol. The van der Waals surface area contributed by atoms with Crippen molar-refractivity contribution in [3.63, 3.8) is 0 Å². The molecule has 1 fully saturated rings. The van der Waals surface area contributed by atoms with E-state index in [0.717, 1.165) is 12.8 Å². The van der Waals surface area contributed by atoms with Gasteiger partial charge in [-0.1, -0.05) is 12.8 Å². The number of nitrogens with zero attached hydrogens (tertiary/aromatic N) is 1. The Morgan fingerprint density at radius 1 is 1.37 bits per heavy atom. The Morgan fingerprint density at radius 3 is 2.58 bits per heavy atom. The molecular formula is C14H26N2O3. The van der Waals surface area contributed by atoms with E-state index < -0.39 is 6.10 Å². The van der Waals surface area contributed by atoms with Gasteiger partial charge in [-0.25, -0.2) is 0 Å². The molecule has 0 saturated heterocycles. The lowest BCUT2D eigenvalue weighted by Crippen LogP contribution is -2.39. The monoisotopic (exact) mass is 270 g/mol. The zero-order valence-corrected chi connectivity index (χ0v) is 12.0. The smallest absolute Gasteiger partial charge is 0.241 e. The molecule has 110 valence electrons. The third-order valence-electron chi connectivity index (χ3n) is 3.69. The topological polar surface area (TPSA) is 69.6 Å². The molecule has 5 nitrogen and oxygen atoms in total. The summed E-state index contributed by atoms with van der Waals surface area (Å²) in [6.45, 7) is 2.26. The van der Waals surface area contributed by atoms with Crippen molar-refractivity contribution < 1.29 is 14.7 Å². The van der Waals surface area contributed by atoms with Crippen LogP contribution >= 0.6 is 0 Å². The second-order valence-corrected chi connectivity index (χ2v) is 5.58. The van der Waals surface area contributed by atoms with Crippen LogP contribution < -0.4 is 5.32 Å². The van der Waals surface area contributed by atoms with Crippen molar-refractivity contribution in [3.8, 4) is 0 Å². The Labute approximate surface area is 115 Å². The summed E-state index contributed by atoms with van der Waals surface area (Å²) in [5.74, 6) is 0.368. The number of carbonyl (C=O) groups excluding carboxylic acids is 2. The third kappa shape index (κ3) is 6.57. The van der Waals surface area contributed by atoms with Crippen LogP contribution in [0, 0.1) is 5.92 Å². The van der Waals surface area contributed by atoms with Crippen LogP contribution in [-0.2, 0) is 9.59 Å². The summed E-state index contributed by atoms with van der Waals surface area (Å²) in [7, 11) is 1.69. The van der Waals surface area contributed by atoms with E-state index in [1.165, 1.54) is 12.8 Å². The largest absolute Gasteiger partial charge is 0.393 e. The maximum atomic E-state index is 11.7. The number of amides is 2. The van der Waals surface area contributed by atoms with Crippen LogP contribution in [-0.4, -0.2) is 48.1 Å². The normalized spacial score (nSPS) is 17.2. The lowest BCUT2D eigenvalue weighted by Gasteiger charge is -2.18. The van der Waals surface area contributed by atoms with Gasteiger partial charge in [-0.15, -0.1) is 0 Å². The van der Waals surface area contributed by atoms with Gasteiger partial charge in [0.15, 0.2) is 0 Å². The van der Waals surface area contributed by atoms with E-state index in [-0.39, 0.29) is 18.4 Å². The van der Waals surface area contributed by atoms with Gasteiger partial charge in [-0.05, 0) is 32.1 Å². The van der Waals surface area contributed by atoms with Crippen molar-refractivity contribution >= 4 is 11.8 Å². The molecule has 2 amide bonds. The first kappa shape index (κ1) is 16.0. The number of hydrogen-bond acceptors (Lipinski definition) is 3. The average Bonchev–Trinajstić information content (AvgIpc) is 2.85. The maximum Gasteiger partial charge on any atom is 0.241 e. The van der Waals surface area contributed by atoms with Gasteiger partial charge in [0.1, 0.15) is 0 Å². The Balaban J connectivity index is 2.15. The number of nitrogens with one attached hydrogen (secondary N) is 1. The maximum absolute atomic E-state index is 11.7. The quantitative estimate of drug-likeness (QED) is 0.722. The van der Waals surface area contributed by atoms with E-state index in [9.17, 15) is 9.59 Å². The molecule has 0 spiro atoms. The highest BCUT2D eigenvalue weighted by Gasteiger charge is 2.19. The molecule has 1 rings (SSSR count). The molecular weight excluding hydrogens is 244 g/mol. The number of carbonyl (C=O) groups is 2. The standard InChI is InChI=1S/C14H26N2O3/c1-11(17)7-8-16(2)14(19)10-15-13(18)9-12-5-3-4-6-12/h11-12,17H,3-10H2,1-2H3,(H,15,18). The molecule has 0 aromatic carbocycles. The lowest BCUT2D eigenvalue weighted by atomic mass is 10.0. The zero-order chi connectivity index (χ0) is 14.3. The zero-order valence-electron chi connectivity index (χ0n) is 12.0. The fraction of sp³-hybridized carbons (Fsp3) is 0.857. The van der Waals surface area contributed by atoms with Crippen molar-refractivity contribution in [2.75, 3.05) is 20.1 Å². The molecule has 0 aromatic heterocycles. The lowest BCUT2D eigenvalue weighted by molar-refractivity contribution is -0.132. The van der Waals surface area contributed by atoms with E-state index in [2.05, 4.69) is 5.32 Å². The van der Waals surface area contributed by atoms with Crippen LogP contribution in [0.25, 0.3) is 0 Å². The minimum atomic E-state index is -0.410. The van der Waals surface area contributed by atoms with Gasteiger partial charge in [0.25, 0.3) is 0 Å². The molecule has 1 atom stereocenters. The van der Waals surface area contributed by atoms with Crippen molar-refractivity contribution in [1.29, 1.82) is 0 Å². The van der Waals surface area contributed by atoms with Crippen molar-refractivity contribution in [2.45, 2.75) is 51.6 Å². The summed E-state index contributed by atoms with van der Waals surface area (Å²) < 4.78 is 0. The highest BCUT2D eigenvalue weighted by Crippen LogP contribution is 2.27. The van der Waals surface area contributed by atoms with E-state index in [0.29, 0.717) is 25.3 Å². The fourth-order valence-corrected chi connectivity index (χ4v) is 2.36. The minimum Gasteiger partial charge on any atom is -0.393 e. The summed E-state index contributed by atoms with van der Waals surface area (Å²) in [6, 6.07) is 0. The van der Waals surface area contributed by atoms with Gasteiger partial charge in [-0.3, -0.25) is 9.59 Å². The highest BCUT2D eigenvalue weighted by molar-refractivity contribution is 5.84. The molecule has 1 aliphatic rings. The third-order valence-corrected chi connectivity index (χ3v) is 3.69. The molecule has 1 saturated carbocycles. The molecule has 0 radical (unpaired) electrons. The summed E-state index contributed by atoms with van der Waals surface area (Å²) in [4.78, 5) is 24.9. The SMILES string of the molecule is CC(O)CCN(C)C(=O)CNC(=O)CC1CCCC1. The van der Waals surface area contributed by atoms with Crippen molar-refractivity contribution in [3.05, 3.63) is 0 Å². The van der Waals surface area contributed by atoms with Crippen LogP contribution in [0.2, 0.25) is 0 Å². The van der Waals surface area contributed by atoms with Crippen LogP contribution in [0.15, 0.2) is 0 Å². The predicted octanol–water partition coefficient (Wildman–Crippen LogP) is 0.912. The number of rotatable bonds is 7. The summed E-state index contributed by atoms with van der Waals surface area (Å²) in [6.07, 6.45) is 5.40. The van der Waals surface area contributed by atoms with Crippen molar-refractivity contribution in [2.24, 2.45) is 5.92 Å². The molecule has 2 N–H and O–H groups in total. The second-order valence-electron chi connectivity index (χ2n) is 5.58. The van der Waals surface area contributed by atoms with E-state index in [4.69, 9.17) is 5.11 Å². The Kier molecular flexibility index (Phi) is 6.84. The summed E-state index contributed by atoms with van der Waals surface area (Å²) >= 11 is 0. The summed E-state index contributed by atoms with van der Waals surface area (Å²) in [5, 5.41) is 11.8. The van der Waals surface area contributed by atoms with Gasteiger partial charge in [0.05, 0.1) is 12.6 Å². The molecule has 0 heterocycles. The van der Waals surface area contributed by atoms with Gasteiger partial charge >= 0.3 is 0 Å². The molecule has 0 aliphatic heterocycles. The van der Waals surface area contributed by atoms with Crippen LogP contribution in [0.5, 0.6) is 0 Å². The number of likely N-dealkylation sites (N-methyl/N-ethyl adjacent to an activating group) is 1. The number of aliphatic hydroxyl groups is 1. The Morgan fingerprint density at radius 2 is 2.00 bits per heavy atom. The molecule has 0 bridgehead atoms. The van der Waals surface area contributed by atoms with E-state index in [1.807, 2.05) is 0 Å². The Bertz CT molecular complexity index is 299. The number of aliphatic hydroxyl groups excluding tert-OH is 1. The Hall–Kier alpha value is -1.10. The molecule has 5 heteroatoms. The first-order valence-electron chi connectivity index (χ1n) is 7.17. The van der Waals surface area contributed by atoms with Crippen LogP contribution in [0.1, 0.15) is 45.4 Å². The number of hydrogen-bond donors (Lipinski definition) is 2. The molecule has 19 heavy (non-hydrogen) atoms. The van der Waals surface area contributed by atoms with Crippen LogP contribution in [0.4, 0.5) is 0 Å².